The van der Waals surface area contributed by atoms with Crippen LogP contribution in [0.15, 0.2) is 72.8 Å². The molecule has 5 aliphatic carbocycles. The fourth-order valence-electron chi connectivity index (χ4n) is 10.9. The second-order valence-electron chi connectivity index (χ2n) is 12.3. The van der Waals surface area contributed by atoms with Crippen LogP contribution in [0.1, 0.15) is 43.2 Å². The Balaban J connectivity index is 1.34. The van der Waals surface area contributed by atoms with E-state index in [4.69, 9.17) is 0 Å². The lowest BCUT2D eigenvalue weighted by atomic mass is 9.38. The van der Waals surface area contributed by atoms with Crippen LogP contribution in [0.5, 0.6) is 0 Å². The summed E-state index contributed by atoms with van der Waals surface area (Å²) < 4.78 is 0. The van der Waals surface area contributed by atoms with Gasteiger partial charge in [-0.2, -0.15) is 0 Å². The van der Waals surface area contributed by atoms with Gasteiger partial charge in [0, 0.05) is 27.3 Å². The van der Waals surface area contributed by atoms with Crippen LogP contribution in [0.3, 0.4) is 0 Å². The number of aromatic amines is 1. The molecule has 1 aromatic heterocycles. The highest BCUT2D eigenvalue weighted by molar-refractivity contribution is 6.23. The maximum Gasteiger partial charge on any atom is 0.0548 e. The Morgan fingerprint density at radius 1 is 0.676 bits per heavy atom. The lowest BCUT2D eigenvalue weighted by Crippen LogP contribution is -2.62. The first-order chi connectivity index (χ1) is 16.8. The zero-order valence-electron chi connectivity index (χ0n) is 19.3. The van der Waals surface area contributed by atoms with Crippen molar-refractivity contribution in [1.29, 1.82) is 0 Å². The zero-order valence-corrected chi connectivity index (χ0v) is 19.3. The summed E-state index contributed by atoms with van der Waals surface area (Å²) in [5.41, 5.74) is 9.92. The van der Waals surface area contributed by atoms with Crippen LogP contribution in [0, 0.1) is 29.1 Å². The second-order valence-corrected chi connectivity index (χ2v) is 12.3. The first-order valence-corrected chi connectivity index (χ1v) is 13.4. The molecule has 2 spiro atoms. The van der Waals surface area contributed by atoms with E-state index in [0.29, 0.717) is 5.41 Å². The van der Waals surface area contributed by atoms with E-state index in [2.05, 4.69) is 77.8 Å². The normalized spacial score (nSPS) is 35.9. The van der Waals surface area contributed by atoms with Gasteiger partial charge in [0.25, 0.3) is 0 Å². The maximum absolute atomic E-state index is 3.93. The molecule has 4 unspecified atom stereocenters. The molecule has 3 bridgehead atoms. The zero-order chi connectivity index (χ0) is 21.8. The molecule has 5 aromatic rings. The predicted octanol–water partition coefficient (Wildman–Crippen LogP) is 8.20. The topological polar surface area (TPSA) is 15.8 Å². The van der Waals surface area contributed by atoms with Gasteiger partial charge in [0.1, 0.15) is 0 Å². The van der Waals surface area contributed by atoms with E-state index in [1.54, 1.807) is 11.1 Å². The summed E-state index contributed by atoms with van der Waals surface area (Å²) in [6, 6.07) is 28.0. The van der Waals surface area contributed by atoms with Crippen LogP contribution in [0.25, 0.3) is 43.7 Å². The third-order valence-corrected chi connectivity index (χ3v) is 11.4. The van der Waals surface area contributed by atoms with Crippen molar-refractivity contribution in [2.75, 3.05) is 0 Å². The molecule has 5 aliphatic rings. The minimum Gasteiger partial charge on any atom is -0.354 e. The monoisotopic (exact) mass is 437 g/mol. The summed E-state index contributed by atoms with van der Waals surface area (Å²) >= 11 is 0. The maximum atomic E-state index is 3.93. The number of aromatic nitrogens is 1. The highest BCUT2D eigenvalue weighted by atomic mass is 14.8. The first kappa shape index (κ1) is 17.4. The van der Waals surface area contributed by atoms with E-state index in [1.165, 1.54) is 75.8 Å². The van der Waals surface area contributed by atoms with E-state index < -0.39 is 0 Å². The molecule has 1 N–H and O–H groups in total. The molecule has 4 aromatic carbocycles. The average Bonchev–Trinajstić information content (AvgIpc) is 3.53. The van der Waals surface area contributed by atoms with Crippen LogP contribution >= 0.6 is 0 Å². The molecule has 1 heteroatoms. The summed E-state index contributed by atoms with van der Waals surface area (Å²) in [6.45, 7) is 0. The molecular weight excluding hydrogens is 410 g/mol. The number of hydrogen-bond donors (Lipinski definition) is 1. The highest BCUT2D eigenvalue weighted by Crippen LogP contribution is 2.85. The van der Waals surface area contributed by atoms with Gasteiger partial charge in [-0.15, -0.1) is 0 Å². The Bertz CT molecular complexity index is 1710. The van der Waals surface area contributed by atoms with Gasteiger partial charge >= 0.3 is 0 Å². The number of benzene rings is 4. The van der Waals surface area contributed by atoms with Crippen LogP contribution in [-0.4, -0.2) is 4.98 Å². The highest BCUT2D eigenvalue weighted by Gasteiger charge is 2.79. The van der Waals surface area contributed by atoms with Gasteiger partial charge in [-0.3, -0.25) is 0 Å². The smallest absolute Gasteiger partial charge is 0.0548 e. The van der Waals surface area contributed by atoms with Crippen molar-refractivity contribution in [2.24, 2.45) is 29.1 Å². The summed E-state index contributed by atoms with van der Waals surface area (Å²) in [5.74, 6) is 3.69. The van der Waals surface area contributed by atoms with Gasteiger partial charge in [0.2, 0.25) is 0 Å². The number of H-pyrrole nitrogens is 1. The van der Waals surface area contributed by atoms with Crippen molar-refractivity contribution < 1.29 is 0 Å². The molecule has 164 valence electrons. The van der Waals surface area contributed by atoms with Gasteiger partial charge in [0.15, 0.2) is 0 Å². The Morgan fingerprint density at radius 2 is 1.47 bits per heavy atom. The van der Waals surface area contributed by atoms with Crippen LogP contribution < -0.4 is 0 Å². The summed E-state index contributed by atoms with van der Waals surface area (Å²) in [6.07, 6.45) is 7.51. The molecule has 4 saturated carbocycles. The van der Waals surface area contributed by atoms with Crippen molar-refractivity contribution in [3.63, 3.8) is 0 Å². The van der Waals surface area contributed by atoms with Crippen molar-refractivity contribution in [1.82, 2.24) is 4.98 Å². The molecule has 4 atom stereocenters. The molecule has 0 aliphatic heterocycles. The first-order valence-electron chi connectivity index (χ1n) is 13.4. The number of nitrogens with one attached hydrogen (secondary N) is 1. The van der Waals surface area contributed by atoms with E-state index in [1.807, 2.05) is 0 Å². The minimum atomic E-state index is 0.267. The SMILES string of the molecule is c1ccc2c(c1)-c1c(ccc3c1[nH]c1ccc4ccccc4c13)C21C2CC3CC4CC1C2(C3)C4. The number of rotatable bonds is 0. The van der Waals surface area contributed by atoms with Gasteiger partial charge in [-0.05, 0) is 94.7 Å². The second kappa shape index (κ2) is 5.28. The Morgan fingerprint density at radius 3 is 2.35 bits per heavy atom. The molecule has 1 nitrogen and oxygen atoms in total. The van der Waals surface area contributed by atoms with Crippen molar-refractivity contribution in [2.45, 2.75) is 37.5 Å². The van der Waals surface area contributed by atoms with Crippen molar-refractivity contribution in [3.8, 4) is 11.1 Å². The molecule has 34 heavy (non-hydrogen) atoms. The molecular formula is C33H27N. The molecule has 4 fully saturated rings. The van der Waals surface area contributed by atoms with Gasteiger partial charge in [-0.25, -0.2) is 0 Å². The fraction of sp³-hybridized carbons (Fsp3) is 0.333. The van der Waals surface area contributed by atoms with Crippen molar-refractivity contribution in [3.05, 3.63) is 83.9 Å². The average molecular weight is 438 g/mol. The Hall–Kier alpha value is -3.06. The lowest BCUT2D eigenvalue weighted by Gasteiger charge is -2.64. The lowest BCUT2D eigenvalue weighted by molar-refractivity contribution is -0.0820. The summed E-state index contributed by atoms with van der Waals surface area (Å²) in [5, 5.41) is 5.47. The fourth-order valence-corrected chi connectivity index (χ4v) is 10.9. The van der Waals surface area contributed by atoms with E-state index >= 15 is 0 Å². The van der Waals surface area contributed by atoms with Crippen LogP contribution in [0.2, 0.25) is 0 Å². The molecule has 0 saturated heterocycles. The van der Waals surface area contributed by atoms with Gasteiger partial charge < -0.3 is 4.98 Å². The Kier molecular flexibility index (Phi) is 2.70. The third kappa shape index (κ3) is 1.60. The molecule has 0 radical (unpaired) electrons. The largest absolute Gasteiger partial charge is 0.354 e. The van der Waals surface area contributed by atoms with Crippen molar-refractivity contribution >= 4 is 32.6 Å². The summed E-state index contributed by atoms with van der Waals surface area (Å²) in [7, 11) is 0. The molecule has 1 heterocycles. The molecule has 10 rings (SSSR count). The van der Waals surface area contributed by atoms with Crippen LogP contribution in [0.4, 0.5) is 0 Å². The third-order valence-electron chi connectivity index (χ3n) is 11.4. The van der Waals surface area contributed by atoms with E-state index in [0.717, 1.165) is 23.7 Å². The quantitative estimate of drug-likeness (QED) is 0.251. The van der Waals surface area contributed by atoms with E-state index in [9.17, 15) is 0 Å². The number of fused-ring (bicyclic) bond motifs is 15. The van der Waals surface area contributed by atoms with Crippen LogP contribution in [-0.2, 0) is 5.41 Å². The standard InChI is InChI=1S/C33H27N/c1-2-6-21-20(5-1)9-12-26-29(21)23-10-11-25-30(31(23)34-26)22-7-3-4-8-24(22)33(25)27-14-18-13-19-15-28(33)32(27,16-18)17-19/h1-12,18-19,27-28,34H,13-17H2. The Labute approximate surface area is 199 Å². The van der Waals surface area contributed by atoms with E-state index in [-0.39, 0.29) is 5.41 Å². The number of hydrogen-bond acceptors (Lipinski definition) is 0. The summed E-state index contributed by atoms with van der Waals surface area (Å²) in [4.78, 5) is 3.93. The molecule has 0 amide bonds. The predicted molar refractivity (Wildman–Crippen MR) is 139 cm³/mol. The van der Waals surface area contributed by atoms with Gasteiger partial charge in [-0.1, -0.05) is 66.7 Å². The van der Waals surface area contributed by atoms with Gasteiger partial charge in [0.05, 0.1) is 5.52 Å². The minimum absolute atomic E-state index is 0.267.